The van der Waals surface area contributed by atoms with Crippen LogP contribution in [-0.2, 0) is 17.6 Å². The molecule has 0 aliphatic heterocycles. The van der Waals surface area contributed by atoms with Crippen molar-refractivity contribution in [2.75, 3.05) is 0 Å². The van der Waals surface area contributed by atoms with E-state index in [2.05, 4.69) is 19.1 Å². The molecule has 3 nitrogen and oxygen atoms in total. The van der Waals surface area contributed by atoms with Crippen LogP contribution in [0.3, 0.4) is 0 Å². The second-order valence-corrected chi connectivity index (χ2v) is 9.87. The fraction of sp³-hybridized carbons (Fsp3) is 0.519. The first-order valence-corrected chi connectivity index (χ1v) is 11.6. The van der Waals surface area contributed by atoms with E-state index in [1.54, 1.807) is 0 Å². The van der Waals surface area contributed by atoms with Crippen molar-refractivity contribution in [1.82, 2.24) is 0 Å². The van der Waals surface area contributed by atoms with E-state index in [9.17, 15) is 9.90 Å². The van der Waals surface area contributed by atoms with Gasteiger partial charge in [-0.05, 0) is 96.9 Å². The smallest absolute Gasteiger partial charge is 0.311 e. The van der Waals surface area contributed by atoms with Gasteiger partial charge in [-0.15, -0.1) is 0 Å². The average molecular weight is 405 g/mol. The molecular formula is C27H32O3. The van der Waals surface area contributed by atoms with Crippen molar-refractivity contribution >= 4 is 5.97 Å². The van der Waals surface area contributed by atoms with Gasteiger partial charge in [0.1, 0.15) is 5.75 Å². The molecule has 0 heterocycles. The molecule has 2 aromatic carbocycles. The minimum absolute atomic E-state index is 0.118. The maximum absolute atomic E-state index is 12.3. The molecule has 0 aromatic heterocycles. The second-order valence-electron chi connectivity index (χ2n) is 9.87. The van der Waals surface area contributed by atoms with E-state index in [1.807, 2.05) is 36.4 Å². The van der Waals surface area contributed by atoms with Gasteiger partial charge >= 0.3 is 5.97 Å². The molecule has 0 amide bonds. The van der Waals surface area contributed by atoms with Crippen LogP contribution in [0, 0.1) is 17.3 Å². The third-order valence-electron chi connectivity index (χ3n) is 8.34. The Kier molecular flexibility index (Phi) is 5.18. The highest BCUT2D eigenvalue weighted by atomic mass is 16.5. The summed E-state index contributed by atoms with van der Waals surface area (Å²) in [6.07, 6.45) is 7.65. The van der Waals surface area contributed by atoms with Crippen molar-refractivity contribution < 1.29 is 14.6 Å². The van der Waals surface area contributed by atoms with E-state index in [1.165, 1.54) is 24.0 Å². The molecule has 1 N–H and O–H groups in total. The molecule has 3 aliphatic carbocycles. The Morgan fingerprint density at radius 2 is 1.93 bits per heavy atom. The molecule has 0 spiro atoms. The van der Waals surface area contributed by atoms with Gasteiger partial charge in [-0.2, -0.15) is 0 Å². The summed E-state index contributed by atoms with van der Waals surface area (Å²) < 4.78 is 5.67. The van der Waals surface area contributed by atoms with Gasteiger partial charge < -0.3 is 9.84 Å². The Balaban J connectivity index is 1.26. The highest BCUT2D eigenvalue weighted by Gasteiger charge is 2.54. The third kappa shape index (κ3) is 3.47. The highest BCUT2D eigenvalue weighted by molar-refractivity contribution is 5.72. The number of carbonyl (C=O) groups excluding carboxylic acids is 1. The SMILES string of the molecule is C[C@]12CC[C@@H]3c4ccc(OC(=O)CCc5ccccc5)cc4CC[C@H]3[C@@H]1CC[C@@H]2O. The van der Waals surface area contributed by atoms with Gasteiger partial charge in [0.2, 0.25) is 0 Å². The molecule has 5 atom stereocenters. The molecule has 158 valence electrons. The number of hydrogen-bond acceptors (Lipinski definition) is 3. The van der Waals surface area contributed by atoms with E-state index in [0.717, 1.165) is 31.2 Å². The van der Waals surface area contributed by atoms with Gasteiger partial charge in [0.05, 0.1) is 6.10 Å². The zero-order valence-electron chi connectivity index (χ0n) is 17.8. The summed E-state index contributed by atoms with van der Waals surface area (Å²) in [7, 11) is 0. The van der Waals surface area contributed by atoms with Crippen molar-refractivity contribution in [3.63, 3.8) is 0 Å². The molecule has 0 unspecified atom stereocenters. The molecule has 2 fully saturated rings. The van der Waals surface area contributed by atoms with E-state index in [-0.39, 0.29) is 17.5 Å². The lowest BCUT2D eigenvalue weighted by Gasteiger charge is -2.50. The first-order chi connectivity index (χ1) is 14.5. The van der Waals surface area contributed by atoms with Crippen LogP contribution in [0.1, 0.15) is 68.1 Å². The number of esters is 1. The highest BCUT2D eigenvalue weighted by Crippen LogP contribution is 2.60. The molecule has 30 heavy (non-hydrogen) atoms. The fourth-order valence-electron chi connectivity index (χ4n) is 6.67. The lowest BCUT2D eigenvalue weighted by molar-refractivity contribution is -0.134. The maximum Gasteiger partial charge on any atom is 0.311 e. The Morgan fingerprint density at radius 1 is 1.10 bits per heavy atom. The van der Waals surface area contributed by atoms with Gasteiger partial charge in [0.25, 0.3) is 0 Å². The minimum atomic E-state index is -0.166. The van der Waals surface area contributed by atoms with Crippen LogP contribution in [-0.4, -0.2) is 17.2 Å². The van der Waals surface area contributed by atoms with E-state index in [0.29, 0.717) is 36.3 Å². The lowest BCUT2D eigenvalue weighted by atomic mass is 9.55. The largest absolute Gasteiger partial charge is 0.427 e. The molecule has 0 radical (unpaired) electrons. The molecule has 3 aliphatic rings. The number of benzene rings is 2. The Hall–Kier alpha value is -2.13. The summed E-state index contributed by atoms with van der Waals surface area (Å²) in [5.74, 6) is 2.45. The molecule has 2 saturated carbocycles. The quantitative estimate of drug-likeness (QED) is 0.545. The normalized spacial score (nSPS) is 32.1. The predicted molar refractivity (Wildman–Crippen MR) is 117 cm³/mol. The van der Waals surface area contributed by atoms with E-state index < -0.39 is 0 Å². The molecule has 2 aromatic rings. The van der Waals surface area contributed by atoms with Gasteiger partial charge in [0, 0.05) is 6.42 Å². The fourth-order valence-corrected chi connectivity index (χ4v) is 6.67. The first-order valence-electron chi connectivity index (χ1n) is 11.6. The number of aliphatic hydroxyl groups is 1. The number of ether oxygens (including phenoxy) is 1. The third-order valence-corrected chi connectivity index (χ3v) is 8.34. The Bertz CT molecular complexity index is 921. The number of hydrogen-bond donors (Lipinski definition) is 1. The van der Waals surface area contributed by atoms with Crippen molar-refractivity contribution in [3.05, 3.63) is 65.2 Å². The monoisotopic (exact) mass is 404 g/mol. The molecule has 5 rings (SSSR count). The van der Waals surface area contributed by atoms with Gasteiger partial charge in [0.15, 0.2) is 0 Å². The number of fused-ring (bicyclic) bond motifs is 5. The minimum Gasteiger partial charge on any atom is -0.427 e. The number of rotatable bonds is 4. The maximum atomic E-state index is 12.3. The summed E-state index contributed by atoms with van der Waals surface area (Å²) in [5, 5.41) is 10.6. The topological polar surface area (TPSA) is 46.5 Å². The van der Waals surface area contributed by atoms with E-state index in [4.69, 9.17) is 4.74 Å². The van der Waals surface area contributed by atoms with Crippen LogP contribution in [0.5, 0.6) is 5.75 Å². The lowest BCUT2D eigenvalue weighted by Crippen LogP contribution is -2.43. The van der Waals surface area contributed by atoms with Gasteiger partial charge in [-0.3, -0.25) is 4.79 Å². The Labute approximate surface area is 179 Å². The van der Waals surface area contributed by atoms with E-state index >= 15 is 0 Å². The number of aryl methyl sites for hydroxylation is 2. The van der Waals surface area contributed by atoms with Crippen molar-refractivity contribution in [1.29, 1.82) is 0 Å². The van der Waals surface area contributed by atoms with Crippen molar-refractivity contribution in [2.45, 2.75) is 70.3 Å². The van der Waals surface area contributed by atoms with Crippen LogP contribution in [0.25, 0.3) is 0 Å². The number of carbonyl (C=O) groups is 1. The Morgan fingerprint density at radius 3 is 2.77 bits per heavy atom. The molecule has 0 saturated heterocycles. The number of aliphatic hydroxyl groups excluding tert-OH is 1. The summed E-state index contributed by atoms with van der Waals surface area (Å²) in [6, 6.07) is 16.4. The summed E-state index contributed by atoms with van der Waals surface area (Å²) in [4.78, 5) is 12.3. The van der Waals surface area contributed by atoms with Crippen LogP contribution in [0.4, 0.5) is 0 Å². The summed E-state index contributed by atoms with van der Waals surface area (Å²) >= 11 is 0. The molecular weight excluding hydrogens is 372 g/mol. The van der Waals surface area contributed by atoms with Crippen molar-refractivity contribution in [2.24, 2.45) is 17.3 Å². The molecule has 3 heteroatoms. The van der Waals surface area contributed by atoms with Crippen LogP contribution < -0.4 is 4.74 Å². The van der Waals surface area contributed by atoms with Crippen molar-refractivity contribution in [3.8, 4) is 5.75 Å². The standard InChI is InChI=1S/C27H32O3/c1-27-16-15-22-21-11-9-20(30-26(29)14-7-18-5-3-2-4-6-18)17-19(21)8-10-23(22)24(27)12-13-25(27)28/h2-6,9,11,17,22-25,28H,7-8,10,12-16H2,1H3/t22-,23-,24+,25+,27+/m1/s1. The zero-order valence-corrected chi connectivity index (χ0v) is 17.8. The summed E-state index contributed by atoms with van der Waals surface area (Å²) in [5.41, 5.74) is 4.09. The first kappa shape index (κ1) is 19.8. The van der Waals surface area contributed by atoms with Crippen LogP contribution in [0.15, 0.2) is 48.5 Å². The zero-order chi connectivity index (χ0) is 20.7. The average Bonchev–Trinajstić information content (AvgIpc) is 3.07. The molecule has 0 bridgehead atoms. The van der Waals surface area contributed by atoms with Gasteiger partial charge in [-0.25, -0.2) is 0 Å². The van der Waals surface area contributed by atoms with Crippen LogP contribution in [0.2, 0.25) is 0 Å². The second kappa shape index (κ2) is 7.85. The summed E-state index contributed by atoms with van der Waals surface area (Å²) in [6.45, 7) is 2.32. The predicted octanol–water partition coefficient (Wildman–Crippen LogP) is 5.44. The van der Waals surface area contributed by atoms with Gasteiger partial charge in [-0.1, -0.05) is 43.3 Å². The van der Waals surface area contributed by atoms with Crippen LogP contribution >= 0.6 is 0 Å².